The summed E-state index contributed by atoms with van der Waals surface area (Å²) in [7, 11) is 0. The summed E-state index contributed by atoms with van der Waals surface area (Å²) in [6, 6.07) is 0.571. The Hall–Kier alpha value is -0.870. The highest BCUT2D eigenvalue weighted by Gasteiger charge is 2.44. The van der Waals surface area contributed by atoms with Gasteiger partial charge >= 0.3 is 0 Å². The van der Waals surface area contributed by atoms with E-state index in [0.717, 1.165) is 18.5 Å². The fourth-order valence-electron chi connectivity index (χ4n) is 2.72. The van der Waals surface area contributed by atoms with Crippen LogP contribution in [0.3, 0.4) is 0 Å². The van der Waals surface area contributed by atoms with Crippen LogP contribution in [0.4, 0.5) is 0 Å². The molecule has 4 heteroatoms. The van der Waals surface area contributed by atoms with E-state index in [1.807, 2.05) is 6.33 Å². The maximum Gasteiger partial charge on any atom is 0.102 e. The molecule has 2 aliphatic rings. The summed E-state index contributed by atoms with van der Waals surface area (Å²) in [4.78, 5) is 4.17. The zero-order chi connectivity index (χ0) is 11.2. The number of nitrogens with two attached hydrogens (primary N) is 1. The number of aromatic nitrogens is 2. The Balaban J connectivity index is 1.87. The molecule has 0 radical (unpaired) electrons. The van der Waals surface area contributed by atoms with E-state index in [-0.39, 0.29) is 5.41 Å². The van der Waals surface area contributed by atoms with Gasteiger partial charge in [-0.2, -0.15) is 0 Å². The highest BCUT2D eigenvalue weighted by atomic mass is 16.3. The summed E-state index contributed by atoms with van der Waals surface area (Å²) in [6.45, 7) is 0.573. The fraction of sp³-hybridized carbons (Fsp3) is 0.750. The highest BCUT2D eigenvalue weighted by Crippen LogP contribution is 2.50. The lowest BCUT2D eigenvalue weighted by Gasteiger charge is -2.44. The van der Waals surface area contributed by atoms with Crippen molar-refractivity contribution in [3.05, 3.63) is 18.2 Å². The SMILES string of the molecule is NCC1(C(O)c2cncn2C2CC2)CCC1. The molecule has 1 unspecified atom stereocenters. The van der Waals surface area contributed by atoms with Crippen molar-refractivity contribution in [3.8, 4) is 0 Å². The normalized spacial score (nSPS) is 25.1. The van der Waals surface area contributed by atoms with E-state index in [0.29, 0.717) is 12.6 Å². The summed E-state index contributed by atoms with van der Waals surface area (Å²) < 4.78 is 2.14. The molecule has 4 nitrogen and oxygen atoms in total. The van der Waals surface area contributed by atoms with Gasteiger partial charge in [-0.3, -0.25) is 0 Å². The van der Waals surface area contributed by atoms with Gasteiger partial charge in [-0.1, -0.05) is 6.42 Å². The van der Waals surface area contributed by atoms with Crippen molar-refractivity contribution < 1.29 is 5.11 Å². The lowest BCUT2D eigenvalue weighted by Crippen LogP contribution is -2.43. The largest absolute Gasteiger partial charge is 0.386 e. The molecule has 0 aromatic carbocycles. The van der Waals surface area contributed by atoms with Gasteiger partial charge < -0.3 is 15.4 Å². The fourth-order valence-corrected chi connectivity index (χ4v) is 2.72. The zero-order valence-corrected chi connectivity index (χ0v) is 9.47. The van der Waals surface area contributed by atoms with Crippen molar-refractivity contribution in [2.75, 3.05) is 6.54 Å². The first kappa shape index (κ1) is 10.3. The van der Waals surface area contributed by atoms with Crippen LogP contribution in [-0.2, 0) is 0 Å². The van der Waals surface area contributed by atoms with Gasteiger partial charge in [-0.25, -0.2) is 4.98 Å². The second-order valence-corrected chi connectivity index (χ2v) is 5.28. The third-order valence-electron chi connectivity index (χ3n) is 4.25. The Kier molecular flexibility index (Phi) is 2.30. The minimum Gasteiger partial charge on any atom is -0.386 e. The second-order valence-electron chi connectivity index (χ2n) is 5.28. The quantitative estimate of drug-likeness (QED) is 0.807. The molecule has 0 saturated heterocycles. The minimum absolute atomic E-state index is 0.0767. The van der Waals surface area contributed by atoms with Gasteiger partial charge in [-0.05, 0) is 25.7 Å². The number of imidazole rings is 1. The summed E-state index contributed by atoms with van der Waals surface area (Å²) in [6.07, 6.45) is 8.91. The standard InChI is InChI=1S/C12H19N3O/c13-7-12(4-1-5-12)11(16)10-6-14-8-15(10)9-2-3-9/h6,8-9,11,16H,1-5,7,13H2. The Bertz CT molecular complexity index is 374. The van der Waals surface area contributed by atoms with Crippen LogP contribution in [0, 0.1) is 5.41 Å². The molecular weight excluding hydrogens is 202 g/mol. The molecule has 2 saturated carbocycles. The van der Waals surface area contributed by atoms with Crippen LogP contribution in [0.2, 0.25) is 0 Å². The molecule has 1 aromatic rings. The van der Waals surface area contributed by atoms with Crippen LogP contribution >= 0.6 is 0 Å². The number of aliphatic hydroxyl groups excluding tert-OH is 1. The van der Waals surface area contributed by atoms with Gasteiger partial charge in [0.25, 0.3) is 0 Å². The molecule has 3 rings (SSSR count). The van der Waals surface area contributed by atoms with E-state index >= 15 is 0 Å². The Morgan fingerprint density at radius 1 is 1.56 bits per heavy atom. The predicted molar refractivity (Wildman–Crippen MR) is 60.8 cm³/mol. The second kappa shape index (κ2) is 3.57. The molecule has 1 aromatic heterocycles. The maximum absolute atomic E-state index is 10.5. The van der Waals surface area contributed by atoms with E-state index in [4.69, 9.17) is 5.73 Å². The number of nitrogens with zero attached hydrogens (tertiary/aromatic N) is 2. The van der Waals surface area contributed by atoms with Gasteiger partial charge in [0.1, 0.15) is 6.10 Å². The number of rotatable bonds is 4. The topological polar surface area (TPSA) is 64.1 Å². The van der Waals surface area contributed by atoms with Gasteiger partial charge in [0, 0.05) is 18.0 Å². The van der Waals surface area contributed by atoms with Crippen LogP contribution in [0.1, 0.15) is 49.9 Å². The van der Waals surface area contributed by atoms with Crippen LogP contribution in [0.25, 0.3) is 0 Å². The van der Waals surface area contributed by atoms with Gasteiger partial charge in [0.15, 0.2) is 0 Å². The highest BCUT2D eigenvalue weighted by molar-refractivity contribution is 5.13. The molecule has 0 bridgehead atoms. The van der Waals surface area contributed by atoms with E-state index in [2.05, 4.69) is 9.55 Å². The molecule has 88 valence electrons. The molecule has 16 heavy (non-hydrogen) atoms. The van der Waals surface area contributed by atoms with Crippen LogP contribution in [-0.4, -0.2) is 21.2 Å². The predicted octanol–water partition coefficient (Wildman–Crippen LogP) is 1.38. The van der Waals surface area contributed by atoms with Crippen molar-refractivity contribution in [3.63, 3.8) is 0 Å². The van der Waals surface area contributed by atoms with E-state index in [1.165, 1.54) is 19.3 Å². The third-order valence-corrected chi connectivity index (χ3v) is 4.25. The molecule has 1 atom stereocenters. The molecule has 0 spiro atoms. The summed E-state index contributed by atoms with van der Waals surface area (Å²) in [5.74, 6) is 0. The average molecular weight is 221 g/mol. The van der Waals surface area contributed by atoms with Crippen molar-refractivity contribution in [2.45, 2.75) is 44.2 Å². The first-order chi connectivity index (χ1) is 7.77. The molecule has 3 N–H and O–H groups in total. The average Bonchev–Trinajstić information content (AvgIpc) is 2.95. The van der Waals surface area contributed by atoms with Gasteiger partial charge in [0.05, 0.1) is 18.2 Å². The van der Waals surface area contributed by atoms with E-state index in [1.54, 1.807) is 6.20 Å². The maximum atomic E-state index is 10.5. The Labute approximate surface area is 95.5 Å². The Morgan fingerprint density at radius 3 is 2.81 bits per heavy atom. The molecule has 2 aliphatic carbocycles. The van der Waals surface area contributed by atoms with Crippen molar-refractivity contribution in [1.29, 1.82) is 0 Å². The molecule has 2 fully saturated rings. The number of aliphatic hydroxyl groups is 1. The van der Waals surface area contributed by atoms with Crippen LogP contribution in [0.15, 0.2) is 12.5 Å². The summed E-state index contributed by atoms with van der Waals surface area (Å²) >= 11 is 0. The van der Waals surface area contributed by atoms with E-state index in [9.17, 15) is 5.11 Å². The smallest absolute Gasteiger partial charge is 0.102 e. The monoisotopic (exact) mass is 221 g/mol. The lowest BCUT2D eigenvalue weighted by molar-refractivity contribution is -0.0342. The number of hydrogen-bond donors (Lipinski definition) is 2. The molecule has 1 heterocycles. The van der Waals surface area contributed by atoms with Crippen LogP contribution in [0.5, 0.6) is 0 Å². The van der Waals surface area contributed by atoms with Crippen molar-refractivity contribution in [1.82, 2.24) is 9.55 Å². The van der Waals surface area contributed by atoms with Crippen molar-refractivity contribution in [2.24, 2.45) is 11.1 Å². The molecule has 0 amide bonds. The number of hydrogen-bond acceptors (Lipinski definition) is 3. The van der Waals surface area contributed by atoms with Crippen molar-refractivity contribution >= 4 is 0 Å². The van der Waals surface area contributed by atoms with Gasteiger partial charge in [-0.15, -0.1) is 0 Å². The van der Waals surface area contributed by atoms with Crippen LogP contribution < -0.4 is 5.73 Å². The zero-order valence-electron chi connectivity index (χ0n) is 9.47. The van der Waals surface area contributed by atoms with E-state index < -0.39 is 6.10 Å². The third kappa shape index (κ3) is 1.40. The first-order valence-electron chi connectivity index (χ1n) is 6.17. The summed E-state index contributed by atoms with van der Waals surface area (Å²) in [5.41, 5.74) is 6.72. The summed E-state index contributed by atoms with van der Waals surface area (Å²) in [5, 5.41) is 10.5. The Morgan fingerprint density at radius 2 is 2.31 bits per heavy atom. The van der Waals surface area contributed by atoms with Gasteiger partial charge in [0.2, 0.25) is 0 Å². The first-order valence-corrected chi connectivity index (χ1v) is 6.17. The molecule has 0 aliphatic heterocycles. The minimum atomic E-state index is -0.436. The molecular formula is C12H19N3O. The lowest BCUT2D eigenvalue weighted by atomic mass is 9.64.